The topological polar surface area (TPSA) is 29.6 Å². The van der Waals surface area contributed by atoms with Crippen molar-refractivity contribution < 1.29 is 0 Å². The Labute approximate surface area is 101 Å². The maximum Gasteiger partial charge on any atom is 0.0931 e. The van der Waals surface area contributed by atoms with Crippen LogP contribution < -0.4 is 0 Å². The average Bonchev–Trinajstić information content (AvgIpc) is 2.82. The first-order valence-electron chi connectivity index (χ1n) is 5.45. The van der Waals surface area contributed by atoms with Crippen molar-refractivity contribution in [1.82, 2.24) is 4.68 Å². The maximum atomic E-state index is 4.23. The molecule has 17 heavy (non-hydrogen) atoms. The van der Waals surface area contributed by atoms with Gasteiger partial charge in [-0.15, -0.1) is 0 Å². The number of hydrogen-bond acceptors (Lipinski definition) is 2. The molecule has 0 amide bonds. The number of rotatable bonds is 3. The third-order valence-electron chi connectivity index (χ3n) is 2.78. The molecule has 0 saturated heterocycles. The van der Waals surface area contributed by atoms with Crippen LogP contribution in [0.5, 0.6) is 0 Å². The summed E-state index contributed by atoms with van der Waals surface area (Å²) >= 11 is 0. The van der Waals surface area contributed by atoms with Gasteiger partial charge in [0.15, 0.2) is 0 Å². The molecule has 1 aromatic heterocycles. The summed E-state index contributed by atoms with van der Waals surface area (Å²) in [5.74, 6) is 0. The van der Waals surface area contributed by atoms with Crippen LogP contribution in [0.1, 0.15) is 12.6 Å². The van der Waals surface area contributed by atoms with E-state index in [9.17, 15) is 0 Å². The Balaban J connectivity index is 2.64. The van der Waals surface area contributed by atoms with E-state index in [0.29, 0.717) is 0 Å². The minimum absolute atomic E-state index is 0.946. The summed E-state index contributed by atoms with van der Waals surface area (Å²) in [6.45, 7) is 5.55. The lowest BCUT2D eigenvalue weighted by Crippen LogP contribution is -2.03. The molecule has 0 radical (unpaired) electrons. The highest BCUT2D eigenvalue weighted by atomic mass is 15.3. The zero-order valence-electron chi connectivity index (χ0n) is 10.1. The third kappa shape index (κ3) is 2.04. The van der Waals surface area contributed by atoms with E-state index in [-0.39, 0.29) is 0 Å². The lowest BCUT2D eigenvalue weighted by Gasteiger charge is -2.06. The summed E-state index contributed by atoms with van der Waals surface area (Å²) in [6.07, 6.45) is 1.90. The van der Waals surface area contributed by atoms with Crippen LogP contribution in [0.3, 0.4) is 0 Å². The minimum Gasteiger partial charge on any atom is -0.291 e. The van der Waals surface area contributed by atoms with Gasteiger partial charge in [-0.25, -0.2) is 4.68 Å². The van der Waals surface area contributed by atoms with Crippen molar-refractivity contribution in [2.45, 2.75) is 6.92 Å². The molecule has 0 bridgehead atoms. The molecule has 0 aliphatic heterocycles. The number of benzene rings is 1. The highest BCUT2D eigenvalue weighted by Gasteiger charge is 2.12. The van der Waals surface area contributed by atoms with Gasteiger partial charge in [-0.1, -0.05) is 30.3 Å². The van der Waals surface area contributed by atoms with Crippen molar-refractivity contribution >= 4 is 12.4 Å². The molecular formula is C14H15N3. The van der Waals surface area contributed by atoms with Crippen molar-refractivity contribution in [3.05, 3.63) is 48.3 Å². The predicted octanol–water partition coefficient (Wildman–Crippen LogP) is 3.06. The second-order valence-electron chi connectivity index (χ2n) is 3.74. The zero-order valence-corrected chi connectivity index (χ0v) is 10.1. The molecule has 0 saturated carbocycles. The Morgan fingerprint density at radius 1 is 1.18 bits per heavy atom. The highest BCUT2D eigenvalue weighted by Crippen LogP contribution is 2.25. The van der Waals surface area contributed by atoms with Gasteiger partial charge in [0.2, 0.25) is 0 Å². The monoisotopic (exact) mass is 225 g/mol. The van der Waals surface area contributed by atoms with E-state index in [1.165, 1.54) is 0 Å². The molecule has 0 spiro atoms. The molecule has 2 rings (SSSR count). The second kappa shape index (κ2) is 4.78. The van der Waals surface area contributed by atoms with Gasteiger partial charge in [0, 0.05) is 25.5 Å². The summed E-state index contributed by atoms with van der Waals surface area (Å²) in [7, 11) is 1.78. The SMILES string of the molecule is C=Nn1ccc(-c2ccccc2)c1C(C)=NC. The molecule has 1 aromatic carbocycles. The second-order valence-corrected chi connectivity index (χ2v) is 3.74. The van der Waals surface area contributed by atoms with E-state index >= 15 is 0 Å². The average molecular weight is 225 g/mol. The molecule has 0 unspecified atom stereocenters. The summed E-state index contributed by atoms with van der Waals surface area (Å²) in [4.78, 5) is 4.23. The fraction of sp³-hybridized carbons (Fsp3) is 0.143. The van der Waals surface area contributed by atoms with Gasteiger partial charge in [-0.05, 0) is 18.6 Å². The van der Waals surface area contributed by atoms with Crippen molar-refractivity contribution in [1.29, 1.82) is 0 Å². The number of aromatic nitrogens is 1. The maximum absolute atomic E-state index is 4.23. The fourth-order valence-electron chi connectivity index (χ4n) is 1.86. The molecule has 86 valence electrons. The van der Waals surface area contributed by atoms with Crippen LogP contribution >= 0.6 is 0 Å². The first kappa shape index (κ1) is 11.3. The predicted molar refractivity (Wildman–Crippen MR) is 73.0 cm³/mol. The molecular weight excluding hydrogens is 210 g/mol. The van der Waals surface area contributed by atoms with E-state index in [1.54, 1.807) is 11.7 Å². The molecule has 2 aromatic rings. The van der Waals surface area contributed by atoms with Crippen molar-refractivity contribution in [2.75, 3.05) is 7.05 Å². The summed E-state index contributed by atoms with van der Waals surface area (Å²) < 4.78 is 1.75. The fourth-order valence-corrected chi connectivity index (χ4v) is 1.86. The van der Waals surface area contributed by atoms with Crippen LogP contribution in [0.4, 0.5) is 0 Å². The van der Waals surface area contributed by atoms with Gasteiger partial charge in [0.1, 0.15) is 0 Å². The summed E-state index contributed by atoms with van der Waals surface area (Å²) in [5.41, 5.74) is 4.23. The van der Waals surface area contributed by atoms with Crippen LogP contribution in [0.25, 0.3) is 11.1 Å². The molecule has 0 fully saturated rings. The zero-order chi connectivity index (χ0) is 12.3. The Bertz CT molecular complexity index is 550. The lowest BCUT2D eigenvalue weighted by atomic mass is 10.0. The van der Waals surface area contributed by atoms with E-state index in [2.05, 4.69) is 28.9 Å². The van der Waals surface area contributed by atoms with Crippen molar-refractivity contribution in [2.24, 2.45) is 10.1 Å². The molecule has 0 aliphatic carbocycles. The molecule has 1 heterocycles. The number of aliphatic imine (C=N–C) groups is 1. The molecule has 3 heteroatoms. The first-order chi connectivity index (χ1) is 8.27. The van der Waals surface area contributed by atoms with Gasteiger partial charge >= 0.3 is 0 Å². The van der Waals surface area contributed by atoms with E-state index in [0.717, 1.165) is 22.5 Å². The van der Waals surface area contributed by atoms with E-state index in [4.69, 9.17) is 0 Å². The third-order valence-corrected chi connectivity index (χ3v) is 2.78. The van der Waals surface area contributed by atoms with Crippen molar-refractivity contribution in [3.8, 4) is 11.1 Å². The Morgan fingerprint density at radius 3 is 2.47 bits per heavy atom. The minimum atomic E-state index is 0.946. The van der Waals surface area contributed by atoms with E-state index < -0.39 is 0 Å². The van der Waals surface area contributed by atoms with Crippen LogP contribution in [0, 0.1) is 0 Å². The van der Waals surface area contributed by atoms with E-state index in [1.807, 2.05) is 37.4 Å². The van der Waals surface area contributed by atoms with Gasteiger partial charge in [0.25, 0.3) is 0 Å². The number of nitrogens with zero attached hydrogens (tertiary/aromatic N) is 3. The van der Waals surface area contributed by atoms with Crippen LogP contribution in [-0.4, -0.2) is 24.2 Å². The standard InChI is InChI=1S/C14H15N3/c1-11(15-2)14-13(9-10-17(14)16-3)12-7-5-4-6-8-12/h4-10H,3H2,1-2H3. The molecule has 3 nitrogen and oxygen atoms in total. The van der Waals surface area contributed by atoms with Crippen LogP contribution in [0.2, 0.25) is 0 Å². The lowest BCUT2D eigenvalue weighted by molar-refractivity contribution is 0.886. The molecule has 0 atom stereocenters. The first-order valence-corrected chi connectivity index (χ1v) is 5.45. The quantitative estimate of drug-likeness (QED) is 0.719. The van der Waals surface area contributed by atoms with Crippen molar-refractivity contribution in [3.63, 3.8) is 0 Å². The highest BCUT2D eigenvalue weighted by molar-refractivity contribution is 6.03. The van der Waals surface area contributed by atoms with Gasteiger partial charge in [-0.2, -0.15) is 5.10 Å². The largest absolute Gasteiger partial charge is 0.291 e. The van der Waals surface area contributed by atoms with Gasteiger partial charge in [-0.3, -0.25) is 4.99 Å². The smallest absolute Gasteiger partial charge is 0.0931 e. The normalized spacial score (nSPS) is 11.5. The Morgan fingerprint density at radius 2 is 1.88 bits per heavy atom. The van der Waals surface area contributed by atoms with Crippen LogP contribution in [-0.2, 0) is 0 Å². The summed E-state index contributed by atoms with van der Waals surface area (Å²) in [6, 6.07) is 12.2. The summed E-state index contributed by atoms with van der Waals surface area (Å²) in [5, 5.41) is 3.97. The molecule has 0 aliphatic rings. The van der Waals surface area contributed by atoms with Gasteiger partial charge in [0.05, 0.1) is 11.4 Å². The van der Waals surface area contributed by atoms with Gasteiger partial charge < -0.3 is 0 Å². The molecule has 0 N–H and O–H groups in total. The Hall–Kier alpha value is -2.16. The Kier molecular flexibility index (Phi) is 3.19. The number of hydrogen-bond donors (Lipinski definition) is 0. The van der Waals surface area contributed by atoms with Crippen LogP contribution in [0.15, 0.2) is 52.7 Å².